The molecule has 0 amide bonds. The van der Waals surface area contributed by atoms with E-state index in [1.807, 2.05) is 70.4 Å². The van der Waals surface area contributed by atoms with Crippen molar-refractivity contribution in [1.82, 2.24) is 4.90 Å². The molecule has 0 heterocycles. The van der Waals surface area contributed by atoms with Gasteiger partial charge in [0.25, 0.3) is 0 Å². The summed E-state index contributed by atoms with van der Waals surface area (Å²) < 4.78 is 0. The molecule has 0 saturated heterocycles. The first-order valence-electron chi connectivity index (χ1n) is 8.31. The Labute approximate surface area is 160 Å². The van der Waals surface area contributed by atoms with E-state index in [2.05, 4.69) is 4.90 Å². The zero-order chi connectivity index (χ0) is 18.6. The van der Waals surface area contributed by atoms with Gasteiger partial charge in [0.2, 0.25) is 0 Å². The molecule has 0 spiro atoms. The number of hydrogen-bond donors (Lipinski definition) is 1. The highest BCUT2D eigenvalue weighted by Crippen LogP contribution is 2.42. The van der Waals surface area contributed by atoms with Gasteiger partial charge in [-0.3, -0.25) is 0 Å². The van der Waals surface area contributed by atoms with E-state index in [1.165, 1.54) is 0 Å². The fourth-order valence-electron chi connectivity index (χ4n) is 3.25. The molecule has 0 aromatic heterocycles. The summed E-state index contributed by atoms with van der Waals surface area (Å²) in [6.07, 6.45) is 2.01. The molecule has 25 heavy (non-hydrogen) atoms. The molecule has 0 bridgehead atoms. The average molecular weight is 378 g/mol. The standard InChI is InChI=1S/C21H25Cl2NO/c1-15(12-17-8-6-5-7-9-17)21(25,16(2)14-24(3)4)19-11-10-18(22)13-20(19)23/h5-13,16,25H,14H2,1-4H3/b15-12-. The van der Waals surface area contributed by atoms with Crippen molar-refractivity contribution in [2.45, 2.75) is 19.4 Å². The number of aliphatic hydroxyl groups is 1. The Bertz CT molecular complexity index is 743. The van der Waals surface area contributed by atoms with Gasteiger partial charge in [0.15, 0.2) is 0 Å². The zero-order valence-electron chi connectivity index (χ0n) is 15.1. The molecule has 0 aliphatic carbocycles. The van der Waals surface area contributed by atoms with Gasteiger partial charge in [0.1, 0.15) is 5.60 Å². The van der Waals surface area contributed by atoms with Gasteiger partial charge in [0, 0.05) is 28.1 Å². The topological polar surface area (TPSA) is 23.5 Å². The maximum atomic E-state index is 11.8. The second-order valence-electron chi connectivity index (χ2n) is 6.79. The summed E-state index contributed by atoms with van der Waals surface area (Å²) in [4.78, 5) is 2.06. The summed E-state index contributed by atoms with van der Waals surface area (Å²) >= 11 is 12.5. The second kappa shape index (κ2) is 8.37. The smallest absolute Gasteiger partial charge is 0.116 e. The fraction of sp³-hybridized carbons (Fsp3) is 0.333. The van der Waals surface area contributed by atoms with E-state index in [-0.39, 0.29) is 5.92 Å². The minimum atomic E-state index is -1.19. The summed E-state index contributed by atoms with van der Waals surface area (Å²) in [5, 5.41) is 12.8. The second-order valence-corrected chi connectivity index (χ2v) is 7.64. The van der Waals surface area contributed by atoms with Crippen LogP contribution in [0.4, 0.5) is 0 Å². The third kappa shape index (κ3) is 4.65. The van der Waals surface area contributed by atoms with E-state index >= 15 is 0 Å². The molecule has 0 aliphatic heterocycles. The lowest BCUT2D eigenvalue weighted by molar-refractivity contribution is 0.0106. The van der Waals surface area contributed by atoms with E-state index in [9.17, 15) is 5.11 Å². The Morgan fingerprint density at radius 2 is 1.80 bits per heavy atom. The van der Waals surface area contributed by atoms with Crippen molar-refractivity contribution in [1.29, 1.82) is 0 Å². The first-order valence-corrected chi connectivity index (χ1v) is 9.07. The van der Waals surface area contributed by atoms with Crippen LogP contribution in [0, 0.1) is 5.92 Å². The lowest BCUT2D eigenvalue weighted by Gasteiger charge is -2.38. The van der Waals surface area contributed by atoms with Crippen molar-refractivity contribution in [3.8, 4) is 0 Å². The number of hydrogen-bond acceptors (Lipinski definition) is 2. The van der Waals surface area contributed by atoms with Crippen LogP contribution in [0.5, 0.6) is 0 Å². The van der Waals surface area contributed by atoms with E-state index in [0.29, 0.717) is 15.6 Å². The molecule has 2 rings (SSSR count). The Morgan fingerprint density at radius 1 is 1.16 bits per heavy atom. The molecule has 0 radical (unpaired) electrons. The summed E-state index contributed by atoms with van der Waals surface area (Å²) in [6, 6.07) is 15.2. The van der Waals surface area contributed by atoms with Crippen LogP contribution >= 0.6 is 23.2 Å². The van der Waals surface area contributed by atoms with Crippen molar-refractivity contribution in [3.05, 3.63) is 75.3 Å². The van der Waals surface area contributed by atoms with E-state index in [0.717, 1.165) is 17.7 Å². The Balaban J connectivity index is 2.57. The van der Waals surface area contributed by atoms with Gasteiger partial charge in [-0.2, -0.15) is 0 Å². The van der Waals surface area contributed by atoms with E-state index < -0.39 is 5.60 Å². The lowest BCUT2D eigenvalue weighted by Crippen LogP contribution is -2.40. The largest absolute Gasteiger partial charge is 0.380 e. The van der Waals surface area contributed by atoms with Crippen molar-refractivity contribution < 1.29 is 5.11 Å². The Hall–Kier alpha value is -1.32. The van der Waals surface area contributed by atoms with Gasteiger partial charge in [-0.25, -0.2) is 0 Å². The molecule has 2 unspecified atom stereocenters. The Morgan fingerprint density at radius 3 is 2.36 bits per heavy atom. The van der Waals surface area contributed by atoms with Crippen molar-refractivity contribution >= 4 is 29.3 Å². The molecule has 2 nitrogen and oxygen atoms in total. The molecule has 134 valence electrons. The quantitative estimate of drug-likeness (QED) is 0.719. The summed E-state index contributed by atoms with van der Waals surface area (Å²) in [7, 11) is 3.99. The molecular weight excluding hydrogens is 353 g/mol. The summed E-state index contributed by atoms with van der Waals surface area (Å²) in [6.45, 7) is 4.70. The highest BCUT2D eigenvalue weighted by Gasteiger charge is 2.39. The number of benzene rings is 2. The minimum absolute atomic E-state index is 0.0684. The Kier molecular flexibility index (Phi) is 6.70. The third-order valence-corrected chi connectivity index (χ3v) is 5.03. The van der Waals surface area contributed by atoms with Crippen molar-refractivity contribution in [3.63, 3.8) is 0 Å². The summed E-state index contributed by atoms with van der Waals surface area (Å²) in [5.74, 6) is -0.0684. The molecule has 2 aromatic carbocycles. The van der Waals surface area contributed by atoms with Gasteiger partial charge in [-0.15, -0.1) is 0 Å². The molecule has 2 aromatic rings. The third-order valence-electron chi connectivity index (χ3n) is 4.48. The lowest BCUT2D eigenvalue weighted by atomic mass is 9.76. The fourth-order valence-corrected chi connectivity index (χ4v) is 3.81. The predicted molar refractivity (Wildman–Crippen MR) is 108 cm³/mol. The van der Waals surface area contributed by atoms with Crippen LogP contribution in [0.2, 0.25) is 10.0 Å². The highest BCUT2D eigenvalue weighted by molar-refractivity contribution is 6.35. The normalized spacial score (nSPS) is 15.9. The number of halogens is 2. The number of rotatable bonds is 6. The highest BCUT2D eigenvalue weighted by atomic mass is 35.5. The van der Waals surface area contributed by atoms with E-state index in [1.54, 1.807) is 12.1 Å². The van der Waals surface area contributed by atoms with Crippen LogP contribution < -0.4 is 0 Å². The molecule has 0 saturated carbocycles. The van der Waals surface area contributed by atoms with Crippen molar-refractivity contribution in [2.24, 2.45) is 5.92 Å². The monoisotopic (exact) mass is 377 g/mol. The van der Waals surface area contributed by atoms with Crippen molar-refractivity contribution in [2.75, 3.05) is 20.6 Å². The van der Waals surface area contributed by atoms with Crippen LogP contribution in [-0.4, -0.2) is 30.6 Å². The minimum Gasteiger partial charge on any atom is -0.380 e. The average Bonchev–Trinajstić information content (AvgIpc) is 2.54. The van der Waals surface area contributed by atoms with Crippen LogP contribution in [0.25, 0.3) is 6.08 Å². The predicted octanol–water partition coefficient (Wildman–Crippen LogP) is 5.48. The number of nitrogens with zero attached hydrogens (tertiary/aromatic N) is 1. The van der Waals surface area contributed by atoms with Gasteiger partial charge in [-0.1, -0.05) is 72.6 Å². The van der Waals surface area contributed by atoms with Gasteiger partial charge >= 0.3 is 0 Å². The van der Waals surface area contributed by atoms with Crippen LogP contribution in [-0.2, 0) is 5.60 Å². The molecule has 4 heteroatoms. The molecule has 2 atom stereocenters. The van der Waals surface area contributed by atoms with Gasteiger partial charge < -0.3 is 10.0 Å². The molecular formula is C21H25Cl2NO. The SMILES string of the molecule is C/C(=C/c1ccccc1)C(O)(c1ccc(Cl)cc1Cl)C(C)CN(C)C. The maximum absolute atomic E-state index is 11.8. The van der Waals surface area contributed by atoms with E-state index in [4.69, 9.17) is 23.2 Å². The molecule has 0 fully saturated rings. The maximum Gasteiger partial charge on any atom is 0.116 e. The van der Waals surface area contributed by atoms with Crippen LogP contribution in [0.1, 0.15) is 25.0 Å². The van der Waals surface area contributed by atoms with Gasteiger partial charge in [0.05, 0.1) is 0 Å². The first-order chi connectivity index (χ1) is 11.7. The molecule has 0 aliphatic rings. The van der Waals surface area contributed by atoms with Gasteiger partial charge in [-0.05, 0) is 44.3 Å². The molecule has 1 N–H and O–H groups in total. The van der Waals surface area contributed by atoms with Crippen LogP contribution in [0.15, 0.2) is 54.1 Å². The summed E-state index contributed by atoms with van der Waals surface area (Å²) in [5.41, 5.74) is 1.37. The first kappa shape index (κ1) is 20.0. The zero-order valence-corrected chi connectivity index (χ0v) is 16.6. The van der Waals surface area contributed by atoms with Crippen LogP contribution in [0.3, 0.4) is 0 Å².